The van der Waals surface area contributed by atoms with Crippen LogP contribution in [0.25, 0.3) is 11.0 Å². The van der Waals surface area contributed by atoms with Crippen molar-refractivity contribution in [3.05, 3.63) is 36.2 Å². The minimum absolute atomic E-state index is 0.279. The monoisotopic (exact) mass is 271 g/mol. The summed E-state index contributed by atoms with van der Waals surface area (Å²) in [4.78, 5) is 9.06. The number of rotatable bonds is 4. The van der Waals surface area contributed by atoms with Crippen molar-refractivity contribution in [1.82, 2.24) is 15.3 Å². The average Bonchev–Trinajstić information content (AvgIpc) is 2.53. The van der Waals surface area contributed by atoms with E-state index in [-0.39, 0.29) is 6.61 Å². The Kier molecular flexibility index (Phi) is 4.23. The molecule has 0 amide bonds. The van der Waals surface area contributed by atoms with Gasteiger partial charge in [0.15, 0.2) is 0 Å². The molecule has 2 unspecified atom stereocenters. The van der Waals surface area contributed by atoms with Gasteiger partial charge in [0, 0.05) is 19.2 Å². The lowest BCUT2D eigenvalue weighted by Crippen LogP contribution is -2.39. The topological polar surface area (TPSA) is 58.0 Å². The van der Waals surface area contributed by atoms with Gasteiger partial charge in [0.25, 0.3) is 0 Å². The first-order chi connectivity index (χ1) is 9.86. The number of aliphatic hydroxyl groups excluding tert-OH is 1. The molecule has 2 aromatic rings. The van der Waals surface area contributed by atoms with E-state index < -0.39 is 0 Å². The van der Waals surface area contributed by atoms with E-state index >= 15 is 0 Å². The minimum Gasteiger partial charge on any atom is -0.396 e. The second-order valence-electron chi connectivity index (χ2n) is 5.56. The van der Waals surface area contributed by atoms with Gasteiger partial charge in [-0.25, -0.2) is 4.98 Å². The zero-order valence-electron chi connectivity index (χ0n) is 11.6. The van der Waals surface area contributed by atoms with Crippen LogP contribution in [0, 0.1) is 5.92 Å². The SMILES string of the molecule is OCC1CCCCC1NCc1cnc2ccccc2n1. The number of fused-ring (bicyclic) bond motifs is 1. The van der Waals surface area contributed by atoms with Crippen molar-refractivity contribution < 1.29 is 5.11 Å². The Morgan fingerprint density at radius 2 is 1.95 bits per heavy atom. The quantitative estimate of drug-likeness (QED) is 0.895. The van der Waals surface area contributed by atoms with Gasteiger partial charge in [-0.3, -0.25) is 4.98 Å². The maximum Gasteiger partial charge on any atom is 0.0890 e. The van der Waals surface area contributed by atoms with Gasteiger partial charge < -0.3 is 10.4 Å². The van der Waals surface area contributed by atoms with Crippen LogP contribution in [0.5, 0.6) is 0 Å². The molecular formula is C16H21N3O. The molecule has 1 aliphatic rings. The van der Waals surface area contributed by atoms with Crippen LogP contribution in [-0.4, -0.2) is 27.7 Å². The third-order valence-corrected chi connectivity index (χ3v) is 4.19. The largest absolute Gasteiger partial charge is 0.396 e. The molecule has 0 bridgehead atoms. The number of aliphatic hydroxyl groups is 1. The Balaban J connectivity index is 1.67. The highest BCUT2D eigenvalue weighted by Gasteiger charge is 2.23. The summed E-state index contributed by atoms with van der Waals surface area (Å²) in [5, 5.41) is 13.0. The molecule has 3 rings (SSSR count). The summed E-state index contributed by atoms with van der Waals surface area (Å²) in [6.07, 6.45) is 6.59. The van der Waals surface area contributed by atoms with E-state index in [1.807, 2.05) is 30.5 Å². The van der Waals surface area contributed by atoms with Crippen LogP contribution in [-0.2, 0) is 6.54 Å². The molecule has 1 heterocycles. The molecule has 1 saturated carbocycles. The summed E-state index contributed by atoms with van der Waals surface area (Å²) in [7, 11) is 0. The molecule has 2 atom stereocenters. The fourth-order valence-corrected chi connectivity index (χ4v) is 3.01. The predicted molar refractivity (Wildman–Crippen MR) is 79.2 cm³/mol. The van der Waals surface area contributed by atoms with Crippen LogP contribution in [0.3, 0.4) is 0 Å². The number of hydrogen-bond acceptors (Lipinski definition) is 4. The highest BCUT2D eigenvalue weighted by Crippen LogP contribution is 2.24. The van der Waals surface area contributed by atoms with E-state index in [4.69, 9.17) is 0 Å². The molecule has 0 saturated heterocycles. The second kappa shape index (κ2) is 6.29. The minimum atomic E-state index is 0.279. The van der Waals surface area contributed by atoms with Crippen LogP contribution < -0.4 is 5.32 Å². The predicted octanol–water partition coefficient (Wildman–Crippen LogP) is 2.27. The van der Waals surface area contributed by atoms with Crippen LogP contribution >= 0.6 is 0 Å². The summed E-state index contributed by atoms with van der Waals surface area (Å²) in [5.41, 5.74) is 2.84. The Morgan fingerprint density at radius 1 is 1.15 bits per heavy atom. The molecule has 2 N–H and O–H groups in total. The van der Waals surface area contributed by atoms with Crippen LogP contribution in [0.2, 0.25) is 0 Å². The fraction of sp³-hybridized carbons (Fsp3) is 0.500. The number of nitrogens with zero attached hydrogens (tertiary/aromatic N) is 2. The number of benzene rings is 1. The summed E-state index contributed by atoms with van der Waals surface area (Å²) < 4.78 is 0. The van der Waals surface area contributed by atoms with Gasteiger partial charge in [0.05, 0.1) is 22.9 Å². The van der Waals surface area contributed by atoms with Gasteiger partial charge in [-0.05, 0) is 30.9 Å². The van der Waals surface area contributed by atoms with E-state index in [9.17, 15) is 5.11 Å². The highest BCUT2D eigenvalue weighted by atomic mass is 16.3. The average molecular weight is 271 g/mol. The van der Waals surface area contributed by atoms with Crippen molar-refractivity contribution in [2.75, 3.05) is 6.61 Å². The highest BCUT2D eigenvalue weighted by molar-refractivity contribution is 5.73. The third-order valence-electron chi connectivity index (χ3n) is 4.19. The molecule has 4 heteroatoms. The number of hydrogen-bond donors (Lipinski definition) is 2. The number of para-hydroxylation sites is 2. The molecule has 1 aromatic heterocycles. The third kappa shape index (κ3) is 2.97. The first-order valence-corrected chi connectivity index (χ1v) is 7.42. The van der Waals surface area contributed by atoms with Gasteiger partial charge in [-0.2, -0.15) is 0 Å². The van der Waals surface area contributed by atoms with Gasteiger partial charge in [0.1, 0.15) is 0 Å². The zero-order chi connectivity index (χ0) is 13.8. The number of aromatic nitrogens is 2. The van der Waals surface area contributed by atoms with Crippen LogP contribution in [0.4, 0.5) is 0 Å². The van der Waals surface area contributed by atoms with Crippen molar-refractivity contribution in [2.45, 2.75) is 38.3 Å². The van der Waals surface area contributed by atoms with E-state index in [0.29, 0.717) is 12.0 Å². The summed E-state index contributed by atoms with van der Waals surface area (Å²) in [6.45, 7) is 1.00. The molecule has 0 aliphatic heterocycles. The van der Waals surface area contributed by atoms with Crippen molar-refractivity contribution in [3.63, 3.8) is 0 Å². The molecule has 1 fully saturated rings. The number of nitrogens with one attached hydrogen (secondary N) is 1. The van der Waals surface area contributed by atoms with Crippen molar-refractivity contribution in [2.24, 2.45) is 5.92 Å². The van der Waals surface area contributed by atoms with Gasteiger partial charge in [-0.1, -0.05) is 25.0 Å². The zero-order valence-corrected chi connectivity index (χ0v) is 11.6. The standard InChI is InChI=1S/C16H21N3O/c20-11-12-5-1-2-6-14(12)17-9-13-10-18-15-7-3-4-8-16(15)19-13/h3-4,7-8,10,12,14,17,20H,1-2,5-6,9,11H2. The van der Waals surface area contributed by atoms with E-state index in [1.165, 1.54) is 12.8 Å². The van der Waals surface area contributed by atoms with Crippen molar-refractivity contribution >= 4 is 11.0 Å². The maximum atomic E-state index is 9.43. The second-order valence-corrected chi connectivity index (χ2v) is 5.56. The Morgan fingerprint density at radius 3 is 2.80 bits per heavy atom. The summed E-state index contributed by atoms with van der Waals surface area (Å²) in [6, 6.07) is 8.33. The Bertz CT molecular complexity index is 572. The lowest BCUT2D eigenvalue weighted by atomic mass is 9.85. The first kappa shape index (κ1) is 13.5. The Hall–Kier alpha value is -1.52. The molecule has 106 valence electrons. The molecular weight excluding hydrogens is 250 g/mol. The maximum absolute atomic E-state index is 9.43. The Labute approximate surface area is 119 Å². The lowest BCUT2D eigenvalue weighted by molar-refractivity contribution is 0.152. The van der Waals surface area contributed by atoms with Crippen molar-refractivity contribution in [3.8, 4) is 0 Å². The normalized spacial score (nSPS) is 23.1. The fourth-order valence-electron chi connectivity index (χ4n) is 3.01. The van der Waals surface area contributed by atoms with Gasteiger partial charge in [0.2, 0.25) is 0 Å². The summed E-state index contributed by atoms with van der Waals surface area (Å²) in [5.74, 6) is 0.386. The molecule has 4 nitrogen and oxygen atoms in total. The smallest absolute Gasteiger partial charge is 0.0890 e. The molecule has 1 aliphatic carbocycles. The van der Waals surface area contributed by atoms with Crippen LogP contribution in [0.15, 0.2) is 30.5 Å². The van der Waals surface area contributed by atoms with Crippen LogP contribution in [0.1, 0.15) is 31.4 Å². The first-order valence-electron chi connectivity index (χ1n) is 7.42. The van der Waals surface area contributed by atoms with E-state index in [2.05, 4.69) is 15.3 Å². The van der Waals surface area contributed by atoms with Crippen molar-refractivity contribution in [1.29, 1.82) is 0 Å². The lowest BCUT2D eigenvalue weighted by Gasteiger charge is -2.30. The molecule has 0 radical (unpaired) electrons. The van der Waals surface area contributed by atoms with Gasteiger partial charge >= 0.3 is 0 Å². The van der Waals surface area contributed by atoms with Gasteiger partial charge in [-0.15, -0.1) is 0 Å². The molecule has 0 spiro atoms. The summed E-state index contributed by atoms with van der Waals surface area (Å²) >= 11 is 0. The molecule has 20 heavy (non-hydrogen) atoms. The van der Waals surface area contributed by atoms with E-state index in [1.54, 1.807) is 0 Å². The van der Waals surface area contributed by atoms with E-state index in [0.717, 1.165) is 36.1 Å². The molecule has 1 aromatic carbocycles.